The molecule has 3 aliphatic rings. The van der Waals surface area contributed by atoms with Crippen molar-refractivity contribution in [2.24, 2.45) is 5.92 Å². The van der Waals surface area contributed by atoms with Gasteiger partial charge in [-0.25, -0.2) is 9.80 Å². The average Bonchev–Trinajstić information content (AvgIpc) is 3.08. The van der Waals surface area contributed by atoms with E-state index in [1.807, 2.05) is 13.8 Å². The fraction of sp³-hybridized carbons (Fsp3) is 0.591. The minimum atomic E-state index is -0.502. The number of ether oxygens (including phenoxy) is 1. The van der Waals surface area contributed by atoms with Crippen molar-refractivity contribution in [2.45, 2.75) is 58.3 Å². The highest BCUT2D eigenvalue weighted by atomic mass is 16.5. The Labute approximate surface area is 177 Å². The molecule has 0 bridgehead atoms. The van der Waals surface area contributed by atoms with Gasteiger partial charge in [0.25, 0.3) is 0 Å². The SMILES string of the molecule is CCCN1C(=O)C2CCCCC2N2C(=O)N(CC(=O)c3ccc(OCC)cc3)NC12. The van der Waals surface area contributed by atoms with Crippen LogP contribution in [-0.2, 0) is 4.79 Å². The Balaban J connectivity index is 1.51. The molecule has 30 heavy (non-hydrogen) atoms. The lowest BCUT2D eigenvalue weighted by atomic mass is 9.81. The number of nitrogens with zero attached hydrogens (tertiary/aromatic N) is 3. The average molecular weight is 415 g/mol. The number of hydrogen-bond acceptors (Lipinski definition) is 5. The number of carbonyl (C=O) groups is 3. The number of hydrazine groups is 1. The largest absolute Gasteiger partial charge is 0.494 e. The van der Waals surface area contributed by atoms with Gasteiger partial charge in [0, 0.05) is 18.2 Å². The number of urea groups is 1. The Morgan fingerprint density at radius 2 is 1.87 bits per heavy atom. The van der Waals surface area contributed by atoms with Crippen molar-refractivity contribution >= 4 is 17.7 Å². The first kappa shape index (κ1) is 20.7. The fourth-order valence-electron chi connectivity index (χ4n) is 4.83. The topological polar surface area (TPSA) is 82.2 Å². The maximum atomic E-state index is 13.2. The molecule has 1 saturated carbocycles. The van der Waals surface area contributed by atoms with Gasteiger partial charge < -0.3 is 9.64 Å². The van der Waals surface area contributed by atoms with Gasteiger partial charge in [-0.05, 0) is 50.5 Å². The summed E-state index contributed by atoms with van der Waals surface area (Å²) in [5.41, 5.74) is 3.67. The molecule has 2 aliphatic heterocycles. The number of ketones is 1. The van der Waals surface area contributed by atoms with Crippen LogP contribution in [0.1, 0.15) is 56.3 Å². The van der Waals surface area contributed by atoms with Crippen molar-refractivity contribution in [1.82, 2.24) is 20.2 Å². The van der Waals surface area contributed by atoms with Crippen LogP contribution in [0.4, 0.5) is 4.79 Å². The summed E-state index contributed by atoms with van der Waals surface area (Å²) in [6.07, 6.45) is 4.01. The van der Waals surface area contributed by atoms with E-state index in [4.69, 9.17) is 4.74 Å². The van der Waals surface area contributed by atoms with E-state index in [1.54, 1.807) is 34.1 Å². The number of amides is 3. The van der Waals surface area contributed by atoms with Gasteiger partial charge in [-0.1, -0.05) is 19.8 Å². The molecule has 4 rings (SSSR count). The van der Waals surface area contributed by atoms with Crippen molar-refractivity contribution in [2.75, 3.05) is 19.7 Å². The van der Waals surface area contributed by atoms with Gasteiger partial charge in [-0.3, -0.25) is 14.5 Å². The third kappa shape index (κ3) is 3.64. The molecule has 8 nitrogen and oxygen atoms in total. The van der Waals surface area contributed by atoms with Crippen LogP contribution in [0.3, 0.4) is 0 Å². The number of carbonyl (C=O) groups excluding carboxylic acids is 3. The second-order valence-corrected chi connectivity index (χ2v) is 8.15. The standard InChI is InChI=1S/C22H30N4O4/c1-3-13-24-20(28)17-7-5-6-8-18(17)26-21(24)23-25(22(26)29)14-19(27)15-9-11-16(12-10-15)30-4-2/h9-12,17-18,21,23H,3-8,13-14H2,1-2H3. The predicted molar refractivity (Wildman–Crippen MR) is 111 cm³/mol. The van der Waals surface area contributed by atoms with E-state index in [0.29, 0.717) is 24.5 Å². The minimum absolute atomic E-state index is 0.0780. The Kier molecular flexibility index (Phi) is 5.94. The molecule has 0 aromatic heterocycles. The van der Waals surface area contributed by atoms with Crippen molar-refractivity contribution in [3.05, 3.63) is 29.8 Å². The fourth-order valence-corrected chi connectivity index (χ4v) is 4.83. The molecule has 1 N–H and O–H groups in total. The lowest BCUT2D eigenvalue weighted by molar-refractivity contribution is -0.156. The summed E-state index contributed by atoms with van der Waals surface area (Å²) in [4.78, 5) is 42.7. The summed E-state index contributed by atoms with van der Waals surface area (Å²) in [7, 11) is 0. The molecule has 162 valence electrons. The molecule has 1 aliphatic carbocycles. The molecule has 2 saturated heterocycles. The quantitative estimate of drug-likeness (QED) is 0.694. The summed E-state index contributed by atoms with van der Waals surface area (Å²) in [5, 5.41) is 1.37. The maximum absolute atomic E-state index is 13.2. The first-order chi connectivity index (χ1) is 14.5. The predicted octanol–water partition coefficient (Wildman–Crippen LogP) is 2.60. The molecule has 0 radical (unpaired) electrons. The molecule has 3 atom stereocenters. The van der Waals surface area contributed by atoms with Gasteiger partial charge in [0.1, 0.15) is 12.3 Å². The van der Waals surface area contributed by atoms with Crippen molar-refractivity contribution in [1.29, 1.82) is 0 Å². The third-order valence-corrected chi connectivity index (χ3v) is 6.22. The number of Topliss-reactive ketones (excluding diaryl/α,β-unsaturated/α-hetero) is 1. The van der Waals surface area contributed by atoms with Gasteiger partial charge in [0.15, 0.2) is 12.1 Å². The Morgan fingerprint density at radius 1 is 1.13 bits per heavy atom. The first-order valence-corrected chi connectivity index (χ1v) is 11.0. The normalized spacial score (nSPS) is 25.9. The van der Waals surface area contributed by atoms with E-state index >= 15 is 0 Å². The third-order valence-electron chi connectivity index (χ3n) is 6.22. The Morgan fingerprint density at radius 3 is 2.57 bits per heavy atom. The second kappa shape index (κ2) is 8.63. The molecule has 2 heterocycles. The number of rotatable bonds is 7. The highest BCUT2D eigenvalue weighted by molar-refractivity contribution is 5.99. The zero-order valence-electron chi connectivity index (χ0n) is 17.7. The van der Waals surface area contributed by atoms with Crippen molar-refractivity contribution < 1.29 is 19.1 Å². The van der Waals surface area contributed by atoms with E-state index in [2.05, 4.69) is 5.43 Å². The van der Waals surface area contributed by atoms with Crippen LogP contribution in [0.5, 0.6) is 5.75 Å². The van der Waals surface area contributed by atoms with Crippen molar-refractivity contribution in [3.63, 3.8) is 0 Å². The van der Waals surface area contributed by atoms with Crippen LogP contribution >= 0.6 is 0 Å². The van der Waals surface area contributed by atoms with Crippen molar-refractivity contribution in [3.8, 4) is 5.75 Å². The summed E-state index contributed by atoms with van der Waals surface area (Å²) in [6.45, 7) is 5.00. The highest BCUT2D eigenvalue weighted by Gasteiger charge is 2.54. The van der Waals surface area contributed by atoms with Crippen LogP contribution < -0.4 is 10.2 Å². The number of fused-ring (bicyclic) bond motifs is 3. The smallest absolute Gasteiger partial charge is 0.337 e. The summed E-state index contributed by atoms with van der Waals surface area (Å²) in [6, 6.07) is 6.64. The number of hydrogen-bond donors (Lipinski definition) is 1. The van der Waals surface area contributed by atoms with E-state index in [-0.39, 0.29) is 36.2 Å². The van der Waals surface area contributed by atoms with E-state index in [0.717, 1.165) is 32.1 Å². The van der Waals surface area contributed by atoms with Crippen LogP contribution in [0.25, 0.3) is 0 Å². The molecule has 3 fully saturated rings. The maximum Gasteiger partial charge on any atom is 0.337 e. The molecule has 1 aromatic carbocycles. The van der Waals surface area contributed by atoms with E-state index in [9.17, 15) is 14.4 Å². The molecule has 3 amide bonds. The molecule has 0 spiro atoms. The second-order valence-electron chi connectivity index (χ2n) is 8.15. The Bertz CT molecular complexity index is 812. The zero-order chi connectivity index (χ0) is 21.3. The molecular formula is C22H30N4O4. The van der Waals surface area contributed by atoms with E-state index < -0.39 is 6.29 Å². The lowest BCUT2D eigenvalue weighted by Crippen LogP contribution is -2.66. The summed E-state index contributed by atoms with van der Waals surface area (Å²) < 4.78 is 5.42. The number of nitrogens with one attached hydrogen (secondary N) is 1. The molecule has 1 aromatic rings. The minimum Gasteiger partial charge on any atom is -0.494 e. The number of benzene rings is 1. The highest BCUT2D eigenvalue weighted by Crippen LogP contribution is 2.38. The van der Waals surface area contributed by atoms with Crippen LogP contribution in [0.2, 0.25) is 0 Å². The van der Waals surface area contributed by atoms with Gasteiger partial charge in [-0.15, -0.1) is 0 Å². The van der Waals surface area contributed by atoms with Crippen LogP contribution in [0, 0.1) is 5.92 Å². The summed E-state index contributed by atoms with van der Waals surface area (Å²) >= 11 is 0. The van der Waals surface area contributed by atoms with Gasteiger partial charge >= 0.3 is 6.03 Å². The summed E-state index contributed by atoms with van der Waals surface area (Å²) in [5.74, 6) is 0.544. The molecular weight excluding hydrogens is 384 g/mol. The van der Waals surface area contributed by atoms with Gasteiger partial charge in [0.05, 0.1) is 12.5 Å². The lowest BCUT2D eigenvalue weighted by Gasteiger charge is -2.48. The zero-order valence-corrected chi connectivity index (χ0v) is 17.7. The Hall–Kier alpha value is -2.61. The van der Waals surface area contributed by atoms with E-state index in [1.165, 1.54) is 5.01 Å². The van der Waals surface area contributed by atoms with Crippen LogP contribution in [-0.4, -0.2) is 64.6 Å². The van der Waals surface area contributed by atoms with Crippen LogP contribution in [0.15, 0.2) is 24.3 Å². The molecule has 8 heteroatoms. The van der Waals surface area contributed by atoms with Gasteiger partial charge in [0.2, 0.25) is 5.91 Å². The van der Waals surface area contributed by atoms with Gasteiger partial charge in [-0.2, -0.15) is 5.43 Å². The molecule has 3 unspecified atom stereocenters. The first-order valence-electron chi connectivity index (χ1n) is 11.0. The monoisotopic (exact) mass is 414 g/mol.